The Morgan fingerprint density at radius 2 is 1.88 bits per heavy atom. The Balaban J connectivity index is 2.14. The molecule has 0 spiro atoms. The van der Waals surface area contributed by atoms with E-state index in [4.69, 9.17) is 5.73 Å². The average Bonchev–Trinajstić information content (AvgIpc) is 2.86. The van der Waals surface area contributed by atoms with Gasteiger partial charge in [-0.2, -0.15) is 0 Å². The molecule has 17 heavy (non-hydrogen) atoms. The summed E-state index contributed by atoms with van der Waals surface area (Å²) in [5.41, 5.74) is 9.18. The van der Waals surface area contributed by atoms with Crippen molar-refractivity contribution in [2.24, 2.45) is 0 Å². The molecule has 0 amide bonds. The maximum atomic E-state index is 5.98. The van der Waals surface area contributed by atoms with E-state index in [9.17, 15) is 0 Å². The molecule has 3 rings (SSSR count). The van der Waals surface area contributed by atoms with Gasteiger partial charge in [0.15, 0.2) is 0 Å². The van der Waals surface area contributed by atoms with E-state index in [-0.39, 0.29) is 0 Å². The molecule has 0 fully saturated rings. The van der Waals surface area contributed by atoms with Crippen LogP contribution in [0.15, 0.2) is 48.9 Å². The minimum absolute atomic E-state index is 0.828. The Labute approximate surface area is 99.3 Å². The quantitative estimate of drug-likeness (QED) is 0.656. The number of nitrogens with one attached hydrogen (secondary N) is 1. The van der Waals surface area contributed by atoms with E-state index in [1.54, 1.807) is 6.33 Å². The first kappa shape index (κ1) is 9.90. The monoisotopic (exact) mass is 223 g/mol. The van der Waals surface area contributed by atoms with Crippen LogP contribution in [-0.4, -0.2) is 9.97 Å². The maximum absolute atomic E-state index is 5.98. The first-order chi connectivity index (χ1) is 8.34. The van der Waals surface area contributed by atoms with E-state index in [0.717, 1.165) is 23.2 Å². The van der Waals surface area contributed by atoms with Crippen molar-refractivity contribution in [3.63, 3.8) is 0 Å². The van der Waals surface area contributed by atoms with Gasteiger partial charge in [0.25, 0.3) is 0 Å². The van der Waals surface area contributed by atoms with E-state index in [0.29, 0.717) is 0 Å². The molecule has 0 atom stereocenters. The summed E-state index contributed by atoms with van der Waals surface area (Å²) >= 11 is 0. The van der Waals surface area contributed by atoms with Gasteiger partial charge in [-0.1, -0.05) is 30.3 Å². The van der Waals surface area contributed by atoms with Gasteiger partial charge in [-0.05, 0) is 17.0 Å². The highest BCUT2D eigenvalue weighted by Gasteiger charge is 2.04. The molecule has 0 aliphatic heterocycles. The number of fused-ring (bicyclic) bond motifs is 1. The van der Waals surface area contributed by atoms with Crippen molar-refractivity contribution >= 4 is 16.5 Å². The van der Waals surface area contributed by atoms with E-state index in [2.05, 4.69) is 28.2 Å². The van der Waals surface area contributed by atoms with Crippen molar-refractivity contribution in [2.45, 2.75) is 6.42 Å². The van der Waals surface area contributed by atoms with Crippen molar-refractivity contribution in [1.82, 2.24) is 9.97 Å². The number of aromatic amines is 1. The molecule has 3 nitrogen and oxygen atoms in total. The molecule has 3 N–H and O–H groups in total. The van der Waals surface area contributed by atoms with Crippen LogP contribution < -0.4 is 5.73 Å². The standard InChI is InChI=1S/C14H13N3/c15-14-6-5-10(7-11-8-16-9-17-11)12-3-1-2-4-13(12)14/h1-6,8-9H,7,15H2,(H,16,17). The number of hydrogen-bond donors (Lipinski definition) is 2. The van der Waals surface area contributed by atoms with Gasteiger partial charge in [-0.25, -0.2) is 4.98 Å². The van der Waals surface area contributed by atoms with E-state index < -0.39 is 0 Å². The number of hydrogen-bond acceptors (Lipinski definition) is 2. The minimum Gasteiger partial charge on any atom is -0.398 e. The van der Waals surface area contributed by atoms with Gasteiger partial charge in [-0.3, -0.25) is 0 Å². The van der Waals surface area contributed by atoms with Gasteiger partial charge in [0.1, 0.15) is 0 Å². The van der Waals surface area contributed by atoms with Crippen LogP contribution in [-0.2, 0) is 6.42 Å². The normalized spacial score (nSPS) is 10.8. The highest BCUT2D eigenvalue weighted by atomic mass is 14.9. The van der Waals surface area contributed by atoms with Crippen LogP contribution in [0, 0.1) is 0 Å². The molecule has 3 aromatic rings. The topological polar surface area (TPSA) is 54.7 Å². The second-order valence-corrected chi connectivity index (χ2v) is 4.11. The summed E-state index contributed by atoms with van der Waals surface area (Å²) in [7, 11) is 0. The minimum atomic E-state index is 0.828. The zero-order valence-corrected chi connectivity index (χ0v) is 9.35. The molecule has 1 aromatic heterocycles. The van der Waals surface area contributed by atoms with E-state index in [1.165, 1.54) is 10.9 Å². The molecule has 84 valence electrons. The molecule has 0 unspecified atom stereocenters. The lowest BCUT2D eigenvalue weighted by atomic mass is 10.00. The Hall–Kier alpha value is -2.29. The molecule has 0 saturated heterocycles. The summed E-state index contributed by atoms with van der Waals surface area (Å²) in [6.45, 7) is 0. The summed E-state index contributed by atoms with van der Waals surface area (Å²) < 4.78 is 0. The summed E-state index contributed by atoms with van der Waals surface area (Å²) in [6, 6.07) is 12.3. The third-order valence-electron chi connectivity index (χ3n) is 2.98. The van der Waals surface area contributed by atoms with Crippen LogP contribution >= 0.6 is 0 Å². The van der Waals surface area contributed by atoms with Crippen LogP contribution in [0.3, 0.4) is 0 Å². The van der Waals surface area contributed by atoms with Gasteiger partial charge in [0.05, 0.1) is 6.33 Å². The van der Waals surface area contributed by atoms with Gasteiger partial charge in [-0.15, -0.1) is 0 Å². The van der Waals surface area contributed by atoms with Crippen molar-refractivity contribution in [1.29, 1.82) is 0 Å². The number of nitrogen functional groups attached to an aromatic ring is 1. The molecular formula is C14H13N3. The number of H-pyrrole nitrogens is 1. The molecule has 0 bridgehead atoms. The van der Waals surface area contributed by atoms with E-state index in [1.807, 2.05) is 24.4 Å². The van der Waals surface area contributed by atoms with Crippen LogP contribution in [0.5, 0.6) is 0 Å². The second kappa shape index (κ2) is 3.94. The Morgan fingerprint density at radius 3 is 2.65 bits per heavy atom. The number of aromatic nitrogens is 2. The molecule has 0 saturated carbocycles. The van der Waals surface area contributed by atoms with Gasteiger partial charge >= 0.3 is 0 Å². The smallest absolute Gasteiger partial charge is 0.0921 e. The Bertz CT molecular complexity index is 642. The molecule has 0 aliphatic rings. The SMILES string of the molecule is Nc1ccc(Cc2cnc[nH]2)c2ccccc12. The molecule has 3 heteroatoms. The molecular weight excluding hydrogens is 210 g/mol. The van der Waals surface area contributed by atoms with Crippen molar-refractivity contribution < 1.29 is 0 Å². The summed E-state index contributed by atoms with van der Waals surface area (Å²) in [6.07, 6.45) is 4.40. The first-order valence-electron chi connectivity index (χ1n) is 5.58. The highest BCUT2D eigenvalue weighted by molar-refractivity contribution is 5.95. The average molecular weight is 223 g/mol. The predicted molar refractivity (Wildman–Crippen MR) is 69.8 cm³/mol. The third kappa shape index (κ3) is 1.76. The third-order valence-corrected chi connectivity index (χ3v) is 2.98. The fourth-order valence-corrected chi connectivity index (χ4v) is 2.13. The number of anilines is 1. The predicted octanol–water partition coefficient (Wildman–Crippen LogP) is 2.74. The lowest BCUT2D eigenvalue weighted by molar-refractivity contribution is 1.12. The van der Waals surface area contributed by atoms with Gasteiger partial charge in [0, 0.05) is 29.4 Å². The summed E-state index contributed by atoms with van der Waals surface area (Å²) in [5, 5.41) is 2.33. The molecule has 1 heterocycles. The Morgan fingerprint density at radius 1 is 1.06 bits per heavy atom. The van der Waals surface area contributed by atoms with Crippen LogP contribution in [0.25, 0.3) is 10.8 Å². The number of rotatable bonds is 2. The van der Waals surface area contributed by atoms with Crippen LogP contribution in [0.1, 0.15) is 11.3 Å². The highest BCUT2D eigenvalue weighted by Crippen LogP contribution is 2.25. The summed E-state index contributed by atoms with van der Waals surface area (Å²) in [4.78, 5) is 7.16. The largest absolute Gasteiger partial charge is 0.398 e. The van der Waals surface area contributed by atoms with Crippen molar-refractivity contribution in [3.05, 3.63) is 60.2 Å². The molecule has 2 aromatic carbocycles. The molecule has 0 radical (unpaired) electrons. The fourth-order valence-electron chi connectivity index (χ4n) is 2.13. The van der Waals surface area contributed by atoms with Crippen LogP contribution in [0.4, 0.5) is 5.69 Å². The number of benzene rings is 2. The Kier molecular flexibility index (Phi) is 2.29. The number of nitrogens with two attached hydrogens (primary N) is 1. The summed E-state index contributed by atoms with van der Waals surface area (Å²) in [5.74, 6) is 0. The zero-order chi connectivity index (χ0) is 11.7. The second-order valence-electron chi connectivity index (χ2n) is 4.11. The number of nitrogens with zero attached hydrogens (tertiary/aromatic N) is 1. The fraction of sp³-hybridized carbons (Fsp3) is 0.0714. The van der Waals surface area contributed by atoms with Gasteiger partial charge < -0.3 is 10.7 Å². The molecule has 0 aliphatic carbocycles. The first-order valence-corrected chi connectivity index (χ1v) is 5.58. The number of imidazole rings is 1. The van der Waals surface area contributed by atoms with E-state index >= 15 is 0 Å². The van der Waals surface area contributed by atoms with Crippen molar-refractivity contribution in [2.75, 3.05) is 5.73 Å². The van der Waals surface area contributed by atoms with Crippen molar-refractivity contribution in [3.8, 4) is 0 Å². The van der Waals surface area contributed by atoms with Gasteiger partial charge in [0.2, 0.25) is 0 Å². The maximum Gasteiger partial charge on any atom is 0.0921 e. The van der Waals surface area contributed by atoms with Crippen LogP contribution in [0.2, 0.25) is 0 Å². The lowest BCUT2D eigenvalue weighted by Gasteiger charge is -2.07. The zero-order valence-electron chi connectivity index (χ0n) is 9.35. The lowest BCUT2D eigenvalue weighted by Crippen LogP contribution is -1.93.